The largest absolute Gasteiger partial charge is 0.330 e. The van der Waals surface area contributed by atoms with Crippen molar-refractivity contribution in [3.63, 3.8) is 0 Å². The first-order chi connectivity index (χ1) is 8.90. The standard InChI is InChI=1S/C14H23N3S/c15-7-6-13(17-10-8-16-9-11-17)12-18-14-4-2-1-3-5-14/h1-5,13,16H,6-12,15H2. The van der Waals surface area contributed by atoms with E-state index in [0.717, 1.165) is 44.9 Å². The summed E-state index contributed by atoms with van der Waals surface area (Å²) in [4.78, 5) is 3.94. The van der Waals surface area contributed by atoms with Gasteiger partial charge in [0.25, 0.3) is 0 Å². The highest BCUT2D eigenvalue weighted by Crippen LogP contribution is 2.21. The molecule has 0 bridgehead atoms. The maximum atomic E-state index is 5.75. The Kier molecular flexibility index (Phi) is 6.00. The van der Waals surface area contributed by atoms with E-state index in [1.165, 1.54) is 4.90 Å². The van der Waals surface area contributed by atoms with E-state index < -0.39 is 0 Å². The van der Waals surface area contributed by atoms with Crippen LogP contribution in [0.5, 0.6) is 0 Å². The Morgan fingerprint density at radius 2 is 1.94 bits per heavy atom. The summed E-state index contributed by atoms with van der Waals surface area (Å²) in [7, 11) is 0. The molecule has 18 heavy (non-hydrogen) atoms. The molecule has 0 saturated carbocycles. The molecule has 1 fully saturated rings. The van der Waals surface area contributed by atoms with Gasteiger partial charge in [0.1, 0.15) is 0 Å². The fourth-order valence-electron chi connectivity index (χ4n) is 2.32. The summed E-state index contributed by atoms with van der Waals surface area (Å²) in [6.07, 6.45) is 1.10. The van der Waals surface area contributed by atoms with Crippen LogP contribution >= 0.6 is 11.8 Å². The maximum Gasteiger partial charge on any atom is 0.0202 e. The van der Waals surface area contributed by atoms with E-state index in [1.54, 1.807) is 0 Å². The van der Waals surface area contributed by atoms with Gasteiger partial charge in [0.15, 0.2) is 0 Å². The molecule has 4 heteroatoms. The Hall–Kier alpha value is -0.550. The zero-order valence-electron chi connectivity index (χ0n) is 10.8. The maximum absolute atomic E-state index is 5.75. The molecule has 1 heterocycles. The number of hydrogen-bond acceptors (Lipinski definition) is 4. The Morgan fingerprint density at radius 1 is 1.22 bits per heavy atom. The van der Waals surface area contributed by atoms with Crippen LogP contribution in [-0.4, -0.2) is 49.4 Å². The van der Waals surface area contributed by atoms with Crippen LogP contribution in [0, 0.1) is 0 Å². The van der Waals surface area contributed by atoms with Crippen molar-refractivity contribution in [2.45, 2.75) is 17.4 Å². The second-order valence-electron chi connectivity index (χ2n) is 4.64. The Balaban J connectivity index is 1.85. The number of hydrogen-bond donors (Lipinski definition) is 2. The van der Waals surface area contributed by atoms with Crippen molar-refractivity contribution in [3.05, 3.63) is 30.3 Å². The van der Waals surface area contributed by atoms with E-state index in [1.807, 2.05) is 11.8 Å². The van der Waals surface area contributed by atoms with Gasteiger partial charge in [-0.3, -0.25) is 4.90 Å². The van der Waals surface area contributed by atoms with Crippen LogP contribution in [0.25, 0.3) is 0 Å². The zero-order valence-corrected chi connectivity index (χ0v) is 11.7. The van der Waals surface area contributed by atoms with E-state index in [4.69, 9.17) is 5.73 Å². The number of nitrogens with two attached hydrogens (primary N) is 1. The molecule has 2 rings (SSSR count). The molecule has 0 spiro atoms. The van der Waals surface area contributed by atoms with Crippen LogP contribution in [-0.2, 0) is 0 Å². The molecule has 1 aliphatic heterocycles. The molecule has 0 aromatic heterocycles. The fourth-order valence-corrected chi connectivity index (χ4v) is 3.43. The fraction of sp³-hybridized carbons (Fsp3) is 0.571. The molecule has 100 valence electrons. The summed E-state index contributed by atoms with van der Waals surface area (Å²) in [5.41, 5.74) is 5.75. The minimum atomic E-state index is 0.613. The number of thioether (sulfide) groups is 1. The minimum Gasteiger partial charge on any atom is -0.330 e. The SMILES string of the molecule is NCCC(CSc1ccccc1)N1CCNCC1. The predicted molar refractivity (Wildman–Crippen MR) is 79.1 cm³/mol. The zero-order chi connectivity index (χ0) is 12.6. The monoisotopic (exact) mass is 265 g/mol. The van der Waals surface area contributed by atoms with Gasteiger partial charge in [-0.25, -0.2) is 0 Å². The first-order valence-corrected chi connectivity index (χ1v) is 7.71. The van der Waals surface area contributed by atoms with Crippen LogP contribution < -0.4 is 11.1 Å². The van der Waals surface area contributed by atoms with Gasteiger partial charge in [-0.2, -0.15) is 0 Å². The first kappa shape index (κ1) is 13.9. The van der Waals surface area contributed by atoms with E-state index in [0.29, 0.717) is 6.04 Å². The highest BCUT2D eigenvalue weighted by atomic mass is 32.2. The van der Waals surface area contributed by atoms with Crippen molar-refractivity contribution in [3.8, 4) is 0 Å². The van der Waals surface area contributed by atoms with Crippen molar-refractivity contribution in [2.24, 2.45) is 5.73 Å². The highest BCUT2D eigenvalue weighted by Gasteiger charge is 2.19. The van der Waals surface area contributed by atoms with Gasteiger partial charge < -0.3 is 11.1 Å². The molecule has 1 saturated heterocycles. The molecule has 1 unspecified atom stereocenters. The average Bonchev–Trinajstić information content (AvgIpc) is 2.45. The average molecular weight is 265 g/mol. The number of rotatable bonds is 6. The van der Waals surface area contributed by atoms with Gasteiger partial charge in [-0.1, -0.05) is 18.2 Å². The quantitative estimate of drug-likeness (QED) is 0.763. The third-order valence-electron chi connectivity index (χ3n) is 3.35. The van der Waals surface area contributed by atoms with Gasteiger partial charge in [0.2, 0.25) is 0 Å². The lowest BCUT2D eigenvalue weighted by molar-refractivity contribution is 0.181. The predicted octanol–water partition coefficient (Wildman–Crippen LogP) is 1.40. The van der Waals surface area contributed by atoms with E-state index in [2.05, 4.69) is 40.5 Å². The van der Waals surface area contributed by atoms with E-state index >= 15 is 0 Å². The number of nitrogens with one attached hydrogen (secondary N) is 1. The topological polar surface area (TPSA) is 41.3 Å². The normalized spacial score (nSPS) is 18.7. The van der Waals surface area contributed by atoms with Gasteiger partial charge in [0.05, 0.1) is 0 Å². The van der Waals surface area contributed by atoms with Crippen LogP contribution in [0.15, 0.2) is 35.2 Å². The highest BCUT2D eigenvalue weighted by molar-refractivity contribution is 7.99. The van der Waals surface area contributed by atoms with E-state index in [-0.39, 0.29) is 0 Å². The van der Waals surface area contributed by atoms with Gasteiger partial charge in [0, 0.05) is 42.9 Å². The minimum absolute atomic E-state index is 0.613. The molecule has 3 N–H and O–H groups in total. The second kappa shape index (κ2) is 7.79. The first-order valence-electron chi connectivity index (χ1n) is 6.73. The van der Waals surface area contributed by atoms with Gasteiger partial charge in [-0.05, 0) is 25.1 Å². The van der Waals surface area contributed by atoms with Crippen molar-refractivity contribution in [1.82, 2.24) is 10.2 Å². The molecule has 0 radical (unpaired) electrons. The summed E-state index contributed by atoms with van der Waals surface area (Å²) in [5.74, 6) is 1.14. The van der Waals surface area contributed by atoms with Crippen LogP contribution in [0.2, 0.25) is 0 Å². The van der Waals surface area contributed by atoms with Crippen LogP contribution in [0.4, 0.5) is 0 Å². The molecular formula is C14H23N3S. The van der Waals surface area contributed by atoms with Crippen molar-refractivity contribution in [1.29, 1.82) is 0 Å². The number of benzene rings is 1. The molecular weight excluding hydrogens is 242 g/mol. The summed E-state index contributed by atoms with van der Waals surface area (Å²) in [6, 6.07) is 11.2. The van der Waals surface area contributed by atoms with E-state index in [9.17, 15) is 0 Å². The molecule has 3 nitrogen and oxygen atoms in total. The Labute approximate surface area is 114 Å². The third kappa shape index (κ3) is 4.28. The number of piperazine rings is 1. The molecule has 1 atom stereocenters. The second-order valence-corrected chi connectivity index (χ2v) is 5.73. The Bertz CT molecular complexity index is 325. The molecule has 0 aliphatic carbocycles. The van der Waals surface area contributed by atoms with Crippen LogP contribution in [0.3, 0.4) is 0 Å². The summed E-state index contributed by atoms with van der Waals surface area (Å²) in [5, 5.41) is 3.41. The lowest BCUT2D eigenvalue weighted by atomic mass is 10.2. The number of nitrogens with zero attached hydrogens (tertiary/aromatic N) is 1. The molecule has 1 aromatic rings. The van der Waals surface area contributed by atoms with Crippen molar-refractivity contribution >= 4 is 11.8 Å². The van der Waals surface area contributed by atoms with Crippen molar-refractivity contribution in [2.75, 3.05) is 38.5 Å². The lowest BCUT2D eigenvalue weighted by Gasteiger charge is -2.34. The van der Waals surface area contributed by atoms with Crippen molar-refractivity contribution < 1.29 is 0 Å². The molecule has 0 amide bonds. The van der Waals surface area contributed by atoms with Gasteiger partial charge >= 0.3 is 0 Å². The summed E-state index contributed by atoms with van der Waals surface area (Å²) < 4.78 is 0. The molecule has 1 aliphatic rings. The smallest absolute Gasteiger partial charge is 0.0202 e. The van der Waals surface area contributed by atoms with Gasteiger partial charge in [-0.15, -0.1) is 11.8 Å². The Morgan fingerprint density at radius 3 is 2.61 bits per heavy atom. The third-order valence-corrected chi connectivity index (χ3v) is 4.51. The molecule has 1 aromatic carbocycles. The lowest BCUT2D eigenvalue weighted by Crippen LogP contribution is -2.49. The summed E-state index contributed by atoms with van der Waals surface area (Å²) in [6.45, 7) is 5.30. The van der Waals surface area contributed by atoms with Crippen LogP contribution in [0.1, 0.15) is 6.42 Å². The summed E-state index contributed by atoms with van der Waals surface area (Å²) >= 11 is 1.94.